The highest BCUT2D eigenvalue weighted by Gasteiger charge is 2.28. The van der Waals surface area contributed by atoms with Crippen LogP contribution < -0.4 is 10.5 Å². The number of aryl methyl sites for hydroxylation is 2. The number of carbonyl (C=O) groups is 1. The molecule has 0 bridgehead atoms. The van der Waals surface area contributed by atoms with Crippen molar-refractivity contribution in [2.75, 3.05) is 20.2 Å². The number of carbonyl (C=O) groups excluding carboxylic acids is 1. The standard InChI is InChI=1S/C19H23NO4/c1-12-4-5-16-15(10-17(21)24-18(16)13(12)2)11-20-8-6-14(7-9-20)19(22)23-3/h4-5,10,14H,6-9,11H2,1-3H3/p+1. The van der Waals surface area contributed by atoms with Gasteiger partial charge in [-0.25, -0.2) is 4.79 Å². The maximum atomic E-state index is 12.0. The fourth-order valence-corrected chi connectivity index (χ4v) is 3.55. The monoisotopic (exact) mass is 330 g/mol. The summed E-state index contributed by atoms with van der Waals surface area (Å²) in [5.74, 6) is -0.0906. The molecule has 0 atom stereocenters. The van der Waals surface area contributed by atoms with Crippen molar-refractivity contribution in [3.63, 3.8) is 0 Å². The van der Waals surface area contributed by atoms with Gasteiger partial charge in [0.05, 0.1) is 26.1 Å². The fourth-order valence-electron chi connectivity index (χ4n) is 3.55. The van der Waals surface area contributed by atoms with Crippen LogP contribution in [0.3, 0.4) is 0 Å². The Morgan fingerprint density at radius 3 is 2.67 bits per heavy atom. The Morgan fingerprint density at radius 2 is 2.00 bits per heavy atom. The van der Waals surface area contributed by atoms with E-state index in [9.17, 15) is 9.59 Å². The van der Waals surface area contributed by atoms with Crippen molar-refractivity contribution >= 4 is 16.9 Å². The van der Waals surface area contributed by atoms with Crippen LogP contribution in [0.2, 0.25) is 0 Å². The quantitative estimate of drug-likeness (QED) is 0.682. The second-order valence-electron chi connectivity index (χ2n) is 6.70. The van der Waals surface area contributed by atoms with Gasteiger partial charge in [-0.1, -0.05) is 12.1 Å². The van der Waals surface area contributed by atoms with Gasteiger partial charge in [-0.05, 0) is 25.0 Å². The van der Waals surface area contributed by atoms with Crippen molar-refractivity contribution < 1.29 is 18.8 Å². The van der Waals surface area contributed by atoms with Crippen molar-refractivity contribution in [3.05, 3.63) is 45.3 Å². The Balaban J connectivity index is 1.83. The number of quaternary nitrogens is 1. The molecule has 1 N–H and O–H groups in total. The summed E-state index contributed by atoms with van der Waals surface area (Å²) in [5, 5.41) is 1.01. The number of rotatable bonds is 3. The molecule has 1 aliphatic heterocycles. The molecular weight excluding hydrogens is 306 g/mol. The Labute approximate surface area is 141 Å². The topological polar surface area (TPSA) is 61.0 Å². The van der Waals surface area contributed by atoms with E-state index in [0.29, 0.717) is 5.58 Å². The number of benzene rings is 1. The van der Waals surface area contributed by atoms with E-state index in [0.717, 1.165) is 54.6 Å². The fraction of sp³-hybridized carbons (Fsp3) is 0.474. The summed E-state index contributed by atoms with van der Waals surface area (Å²) in [6.07, 6.45) is 1.67. The maximum Gasteiger partial charge on any atom is 0.336 e. The zero-order chi connectivity index (χ0) is 17.3. The predicted octanol–water partition coefficient (Wildman–Crippen LogP) is 1.38. The number of likely N-dealkylation sites (tertiary alicyclic amines) is 1. The highest BCUT2D eigenvalue weighted by Crippen LogP contribution is 2.23. The Kier molecular flexibility index (Phi) is 4.71. The molecule has 0 amide bonds. The largest absolute Gasteiger partial charge is 0.469 e. The summed E-state index contributed by atoms with van der Waals surface area (Å²) in [7, 11) is 1.45. The normalized spacial score (nSPS) is 21.0. The van der Waals surface area contributed by atoms with E-state index in [4.69, 9.17) is 9.15 Å². The molecule has 1 aliphatic rings. The minimum Gasteiger partial charge on any atom is -0.469 e. The van der Waals surface area contributed by atoms with Crippen LogP contribution in [0.5, 0.6) is 0 Å². The van der Waals surface area contributed by atoms with Gasteiger partial charge in [0.15, 0.2) is 0 Å². The molecule has 128 valence electrons. The van der Waals surface area contributed by atoms with Gasteiger partial charge in [-0.2, -0.15) is 0 Å². The molecule has 0 radical (unpaired) electrons. The van der Waals surface area contributed by atoms with Gasteiger partial charge < -0.3 is 14.1 Å². The second kappa shape index (κ2) is 6.77. The Hall–Kier alpha value is -2.14. The SMILES string of the molecule is COC(=O)C1CC[NH+](Cc2cc(=O)oc3c(C)c(C)ccc23)CC1. The number of esters is 1. The van der Waals surface area contributed by atoms with Crippen LogP contribution in [-0.4, -0.2) is 26.2 Å². The van der Waals surface area contributed by atoms with E-state index in [2.05, 4.69) is 6.07 Å². The third kappa shape index (κ3) is 3.22. The lowest BCUT2D eigenvalue weighted by Crippen LogP contribution is -3.11. The number of fused-ring (bicyclic) bond motifs is 1. The third-order valence-corrected chi connectivity index (χ3v) is 5.19. The van der Waals surface area contributed by atoms with Gasteiger partial charge in [-0.15, -0.1) is 0 Å². The molecule has 1 aromatic heterocycles. The van der Waals surface area contributed by atoms with Crippen LogP contribution in [0.1, 0.15) is 29.5 Å². The summed E-state index contributed by atoms with van der Waals surface area (Å²) in [6, 6.07) is 5.72. The zero-order valence-corrected chi connectivity index (χ0v) is 14.5. The number of piperidine rings is 1. The summed E-state index contributed by atoms with van der Waals surface area (Å²) in [4.78, 5) is 25.0. The van der Waals surface area contributed by atoms with Crippen molar-refractivity contribution in [2.24, 2.45) is 5.92 Å². The molecule has 5 nitrogen and oxygen atoms in total. The van der Waals surface area contributed by atoms with Gasteiger partial charge in [0.25, 0.3) is 0 Å². The zero-order valence-electron chi connectivity index (χ0n) is 14.5. The lowest BCUT2D eigenvalue weighted by Gasteiger charge is -2.28. The summed E-state index contributed by atoms with van der Waals surface area (Å²) in [5.41, 5.74) is 3.56. The van der Waals surface area contributed by atoms with Crippen LogP contribution in [0, 0.1) is 19.8 Å². The molecule has 1 fully saturated rings. The van der Waals surface area contributed by atoms with E-state index in [-0.39, 0.29) is 17.5 Å². The van der Waals surface area contributed by atoms with E-state index in [1.807, 2.05) is 19.9 Å². The van der Waals surface area contributed by atoms with Crippen LogP contribution in [0.15, 0.2) is 27.4 Å². The average molecular weight is 330 g/mol. The van der Waals surface area contributed by atoms with Gasteiger partial charge in [0.1, 0.15) is 12.1 Å². The molecule has 1 saturated heterocycles. The van der Waals surface area contributed by atoms with Crippen molar-refractivity contribution in [2.45, 2.75) is 33.2 Å². The lowest BCUT2D eigenvalue weighted by atomic mass is 9.96. The van der Waals surface area contributed by atoms with Gasteiger partial charge in [-0.3, -0.25) is 4.79 Å². The van der Waals surface area contributed by atoms with Crippen molar-refractivity contribution in [1.82, 2.24) is 0 Å². The number of hydrogen-bond acceptors (Lipinski definition) is 4. The Morgan fingerprint density at radius 1 is 1.29 bits per heavy atom. The van der Waals surface area contributed by atoms with E-state index in [1.165, 1.54) is 12.0 Å². The summed E-state index contributed by atoms with van der Waals surface area (Å²) >= 11 is 0. The molecule has 24 heavy (non-hydrogen) atoms. The number of nitrogens with one attached hydrogen (secondary N) is 1. The molecule has 5 heteroatoms. The predicted molar refractivity (Wildman–Crippen MR) is 91.1 cm³/mol. The van der Waals surface area contributed by atoms with E-state index >= 15 is 0 Å². The first-order valence-corrected chi connectivity index (χ1v) is 8.44. The first-order chi connectivity index (χ1) is 11.5. The molecule has 2 aromatic rings. The van der Waals surface area contributed by atoms with E-state index < -0.39 is 0 Å². The first-order valence-electron chi connectivity index (χ1n) is 8.44. The lowest BCUT2D eigenvalue weighted by molar-refractivity contribution is -0.919. The Bertz CT molecular complexity index is 816. The number of ether oxygens (including phenoxy) is 1. The molecule has 0 saturated carbocycles. The second-order valence-corrected chi connectivity index (χ2v) is 6.70. The molecule has 2 heterocycles. The molecule has 3 rings (SSSR count). The number of hydrogen-bond donors (Lipinski definition) is 1. The highest BCUT2D eigenvalue weighted by atomic mass is 16.5. The van der Waals surface area contributed by atoms with Crippen LogP contribution in [-0.2, 0) is 16.1 Å². The van der Waals surface area contributed by atoms with Crippen LogP contribution in [0.25, 0.3) is 11.0 Å². The van der Waals surface area contributed by atoms with Crippen LogP contribution >= 0.6 is 0 Å². The van der Waals surface area contributed by atoms with Crippen molar-refractivity contribution in [1.29, 1.82) is 0 Å². The molecular formula is C19H24NO4+. The van der Waals surface area contributed by atoms with E-state index in [1.54, 1.807) is 6.07 Å². The van der Waals surface area contributed by atoms with Gasteiger partial charge in [0, 0.05) is 29.9 Å². The smallest absolute Gasteiger partial charge is 0.336 e. The maximum absolute atomic E-state index is 12.0. The van der Waals surface area contributed by atoms with Crippen molar-refractivity contribution in [3.8, 4) is 0 Å². The molecule has 0 aliphatic carbocycles. The minimum atomic E-state index is -0.296. The molecule has 0 unspecified atom stereocenters. The third-order valence-electron chi connectivity index (χ3n) is 5.19. The average Bonchev–Trinajstić information content (AvgIpc) is 2.58. The molecule has 1 aromatic carbocycles. The first kappa shape index (κ1) is 16.7. The number of methoxy groups -OCH3 is 1. The highest BCUT2D eigenvalue weighted by molar-refractivity contribution is 5.83. The summed E-state index contributed by atoms with van der Waals surface area (Å²) in [6.45, 7) is 6.60. The van der Waals surface area contributed by atoms with Crippen LogP contribution in [0.4, 0.5) is 0 Å². The van der Waals surface area contributed by atoms with Gasteiger partial charge >= 0.3 is 11.6 Å². The van der Waals surface area contributed by atoms with Gasteiger partial charge in [0.2, 0.25) is 0 Å². The molecule has 0 spiro atoms. The minimum absolute atomic E-state index is 0.0150. The summed E-state index contributed by atoms with van der Waals surface area (Å²) < 4.78 is 10.3.